The van der Waals surface area contributed by atoms with Gasteiger partial charge in [0.15, 0.2) is 5.82 Å². The Morgan fingerprint density at radius 3 is 2.85 bits per heavy atom. The first-order chi connectivity index (χ1) is 9.76. The molecule has 3 rings (SSSR count). The molecule has 0 radical (unpaired) electrons. The number of hydrogen-bond acceptors (Lipinski definition) is 5. The van der Waals surface area contributed by atoms with Gasteiger partial charge in [-0.25, -0.2) is 4.68 Å². The molecule has 0 unspecified atom stereocenters. The van der Waals surface area contributed by atoms with E-state index in [0.29, 0.717) is 40.4 Å². The van der Waals surface area contributed by atoms with E-state index in [-0.39, 0.29) is 0 Å². The van der Waals surface area contributed by atoms with Gasteiger partial charge < -0.3 is 4.52 Å². The normalized spacial score (nSPS) is 10.9. The minimum absolute atomic E-state index is 0.317. The van der Waals surface area contributed by atoms with Gasteiger partial charge in [0.25, 0.3) is 5.89 Å². The van der Waals surface area contributed by atoms with E-state index < -0.39 is 0 Å². The maximum absolute atomic E-state index is 6.08. The zero-order valence-corrected chi connectivity index (χ0v) is 11.7. The second-order valence-corrected chi connectivity index (χ2v) is 4.71. The predicted molar refractivity (Wildman–Crippen MR) is 73.4 cm³/mol. The minimum Gasteiger partial charge on any atom is -0.334 e. The highest BCUT2D eigenvalue weighted by molar-refractivity contribution is 6.33. The van der Waals surface area contributed by atoms with Crippen molar-refractivity contribution in [2.75, 3.05) is 0 Å². The highest BCUT2D eigenvalue weighted by atomic mass is 35.5. The molecule has 0 bridgehead atoms. The number of halogens is 2. The van der Waals surface area contributed by atoms with Crippen molar-refractivity contribution < 1.29 is 4.52 Å². The number of aromatic nitrogens is 5. The molecule has 0 aliphatic heterocycles. The summed E-state index contributed by atoms with van der Waals surface area (Å²) in [5, 5.41) is 12.3. The zero-order chi connectivity index (χ0) is 13.9. The molecular formula is C12H9Cl2N5O. The summed E-state index contributed by atoms with van der Waals surface area (Å²) in [6.07, 6.45) is 1.73. The Labute approximate surface area is 124 Å². The first-order valence-electron chi connectivity index (χ1n) is 5.78. The van der Waals surface area contributed by atoms with Crippen LogP contribution in [-0.2, 0) is 12.4 Å². The van der Waals surface area contributed by atoms with Crippen molar-refractivity contribution in [2.45, 2.75) is 12.4 Å². The van der Waals surface area contributed by atoms with Crippen LogP contribution in [0.5, 0.6) is 0 Å². The van der Waals surface area contributed by atoms with Gasteiger partial charge in [-0.15, -0.1) is 16.7 Å². The van der Waals surface area contributed by atoms with Gasteiger partial charge in [0.2, 0.25) is 0 Å². The standard InChI is InChI=1S/C12H9Cl2N5O/c13-5-8-6-19(18-16-8)7-11-15-12(20-17-11)9-3-1-2-4-10(9)14/h1-4,6H,5,7H2. The van der Waals surface area contributed by atoms with Crippen LogP contribution in [0.15, 0.2) is 35.0 Å². The fraction of sp³-hybridized carbons (Fsp3) is 0.167. The molecule has 3 aromatic rings. The van der Waals surface area contributed by atoms with Crippen molar-refractivity contribution in [3.63, 3.8) is 0 Å². The van der Waals surface area contributed by atoms with E-state index in [0.717, 1.165) is 0 Å². The maximum atomic E-state index is 6.08. The molecular weight excluding hydrogens is 301 g/mol. The molecule has 0 saturated carbocycles. The summed E-state index contributed by atoms with van der Waals surface area (Å²) in [6, 6.07) is 7.28. The van der Waals surface area contributed by atoms with Crippen molar-refractivity contribution in [1.29, 1.82) is 0 Å². The predicted octanol–water partition coefficient (Wildman–Crippen LogP) is 2.77. The molecule has 0 aliphatic carbocycles. The summed E-state index contributed by atoms with van der Waals surface area (Å²) < 4.78 is 6.80. The topological polar surface area (TPSA) is 69.6 Å². The third-order valence-corrected chi connectivity index (χ3v) is 3.20. The SMILES string of the molecule is ClCc1cn(Cc2noc(-c3ccccc3Cl)n2)nn1. The highest BCUT2D eigenvalue weighted by Crippen LogP contribution is 2.25. The smallest absolute Gasteiger partial charge is 0.259 e. The Balaban J connectivity index is 1.82. The molecule has 6 nitrogen and oxygen atoms in total. The minimum atomic E-state index is 0.317. The van der Waals surface area contributed by atoms with E-state index >= 15 is 0 Å². The molecule has 0 N–H and O–H groups in total. The van der Waals surface area contributed by atoms with Gasteiger partial charge in [-0.1, -0.05) is 34.1 Å². The Morgan fingerprint density at radius 1 is 1.25 bits per heavy atom. The van der Waals surface area contributed by atoms with Crippen LogP contribution in [0, 0.1) is 0 Å². The van der Waals surface area contributed by atoms with Crippen LogP contribution < -0.4 is 0 Å². The molecule has 0 saturated heterocycles. The van der Waals surface area contributed by atoms with Gasteiger partial charge in [0.05, 0.1) is 28.4 Å². The van der Waals surface area contributed by atoms with Crippen LogP contribution in [0.2, 0.25) is 5.02 Å². The first-order valence-corrected chi connectivity index (χ1v) is 6.70. The maximum Gasteiger partial charge on any atom is 0.259 e. The van der Waals surface area contributed by atoms with Gasteiger partial charge in [0.1, 0.15) is 6.54 Å². The third kappa shape index (κ3) is 2.66. The highest BCUT2D eigenvalue weighted by Gasteiger charge is 2.12. The van der Waals surface area contributed by atoms with Crippen LogP contribution in [0.4, 0.5) is 0 Å². The largest absolute Gasteiger partial charge is 0.334 e. The molecule has 0 fully saturated rings. The van der Waals surface area contributed by atoms with Crippen molar-refractivity contribution in [3.05, 3.63) is 47.0 Å². The average Bonchev–Trinajstić information content (AvgIpc) is 3.09. The second kappa shape index (κ2) is 5.60. The Kier molecular flexibility index (Phi) is 3.66. The molecule has 20 heavy (non-hydrogen) atoms. The van der Waals surface area contributed by atoms with Crippen LogP contribution in [0.1, 0.15) is 11.5 Å². The van der Waals surface area contributed by atoms with Crippen molar-refractivity contribution in [2.24, 2.45) is 0 Å². The van der Waals surface area contributed by atoms with E-state index in [1.54, 1.807) is 16.9 Å². The van der Waals surface area contributed by atoms with Crippen molar-refractivity contribution in [1.82, 2.24) is 25.1 Å². The first kappa shape index (κ1) is 13.1. The second-order valence-electron chi connectivity index (χ2n) is 4.04. The Bertz CT molecular complexity index is 724. The summed E-state index contributed by atoms with van der Waals surface area (Å²) in [5.41, 5.74) is 1.40. The number of nitrogens with zero attached hydrogens (tertiary/aromatic N) is 5. The van der Waals surface area contributed by atoms with E-state index in [2.05, 4.69) is 20.5 Å². The van der Waals surface area contributed by atoms with Crippen LogP contribution >= 0.6 is 23.2 Å². The number of rotatable bonds is 4. The fourth-order valence-electron chi connectivity index (χ4n) is 1.68. The summed E-state index contributed by atoms with van der Waals surface area (Å²) in [5.74, 6) is 1.19. The van der Waals surface area contributed by atoms with E-state index in [4.69, 9.17) is 27.7 Å². The van der Waals surface area contributed by atoms with E-state index in [1.807, 2.05) is 18.2 Å². The molecule has 0 aliphatic rings. The Morgan fingerprint density at radius 2 is 2.10 bits per heavy atom. The molecule has 2 aromatic heterocycles. The van der Waals surface area contributed by atoms with Gasteiger partial charge in [-0.3, -0.25) is 0 Å². The summed E-state index contributed by atoms with van der Waals surface area (Å²) in [4.78, 5) is 4.29. The third-order valence-electron chi connectivity index (χ3n) is 2.60. The molecule has 2 heterocycles. The fourth-order valence-corrected chi connectivity index (χ4v) is 2.02. The summed E-state index contributed by atoms with van der Waals surface area (Å²) >= 11 is 11.7. The van der Waals surface area contributed by atoms with Crippen LogP contribution in [0.3, 0.4) is 0 Å². The van der Waals surface area contributed by atoms with Crippen molar-refractivity contribution >= 4 is 23.2 Å². The van der Waals surface area contributed by atoms with Crippen molar-refractivity contribution in [3.8, 4) is 11.5 Å². The summed E-state index contributed by atoms with van der Waals surface area (Å²) in [6.45, 7) is 0.359. The number of alkyl halides is 1. The van der Waals surface area contributed by atoms with Crippen LogP contribution in [0.25, 0.3) is 11.5 Å². The molecule has 8 heteroatoms. The lowest BCUT2D eigenvalue weighted by Gasteiger charge is -1.96. The monoisotopic (exact) mass is 309 g/mol. The molecule has 0 amide bonds. The molecule has 1 aromatic carbocycles. The summed E-state index contributed by atoms with van der Waals surface area (Å²) in [7, 11) is 0. The lowest BCUT2D eigenvalue weighted by Crippen LogP contribution is -2.02. The molecule has 0 spiro atoms. The molecule has 0 atom stereocenters. The van der Waals surface area contributed by atoms with Gasteiger partial charge in [0, 0.05) is 0 Å². The van der Waals surface area contributed by atoms with Gasteiger partial charge >= 0.3 is 0 Å². The van der Waals surface area contributed by atoms with E-state index in [1.165, 1.54) is 0 Å². The zero-order valence-electron chi connectivity index (χ0n) is 10.2. The number of hydrogen-bond donors (Lipinski definition) is 0. The van der Waals surface area contributed by atoms with Gasteiger partial charge in [-0.2, -0.15) is 4.98 Å². The molecule has 102 valence electrons. The quantitative estimate of drug-likeness (QED) is 0.693. The number of benzene rings is 1. The van der Waals surface area contributed by atoms with E-state index in [9.17, 15) is 0 Å². The lowest BCUT2D eigenvalue weighted by atomic mass is 10.2. The lowest BCUT2D eigenvalue weighted by molar-refractivity contribution is 0.418. The Hall–Kier alpha value is -1.92. The van der Waals surface area contributed by atoms with Crippen LogP contribution in [-0.4, -0.2) is 25.1 Å². The average molecular weight is 310 g/mol. The van der Waals surface area contributed by atoms with Gasteiger partial charge in [-0.05, 0) is 12.1 Å².